The van der Waals surface area contributed by atoms with Crippen molar-refractivity contribution in [2.45, 2.75) is 39.7 Å². The van der Waals surface area contributed by atoms with Crippen LogP contribution in [0.2, 0.25) is 0 Å². The van der Waals surface area contributed by atoms with Crippen LogP contribution in [0, 0.1) is 12.8 Å². The molecule has 2 aromatic rings. The second kappa shape index (κ2) is 7.79. The second-order valence-electron chi connectivity index (χ2n) is 5.98. The van der Waals surface area contributed by atoms with Gasteiger partial charge in [-0.25, -0.2) is 0 Å². The number of amides is 1. The zero-order valence-electron chi connectivity index (χ0n) is 13.7. The first-order valence-corrected chi connectivity index (χ1v) is 8.00. The summed E-state index contributed by atoms with van der Waals surface area (Å²) < 4.78 is 0. The van der Waals surface area contributed by atoms with Crippen molar-refractivity contribution < 1.29 is 4.79 Å². The van der Waals surface area contributed by atoms with Crippen molar-refractivity contribution in [3.8, 4) is 0 Å². The number of hydrogen-bond acceptors (Lipinski definition) is 1. The SMILES string of the molecule is CCC(C)C(C(=O)NCc1ccc(C)cc1)c1ccccc1. The molecule has 0 saturated heterocycles. The minimum absolute atomic E-state index is 0.0864. The van der Waals surface area contributed by atoms with Gasteiger partial charge in [-0.05, 0) is 24.0 Å². The molecule has 2 atom stereocenters. The molecule has 0 heterocycles. The van der Waals surface area contributed by atoms with E-state index in [1.807, 2.05) is 30.3 Å². The fourth-order valence-electron chi connectivity index (χ4n) is 2.64. The van der Waals surface area contributed by atoms with Gasteiger partial charge < -0.3 is 5.32 Å². The molecule has 0 aliphatic carbocycles. The molecular weight excluding hydrogens is 270 g/mol. The highest BCUT2D eigenvalue weighted by Gasteiger charge is 2.25. The Kier molecular flexibility index (Phi) is 5.76. The minimum atomic E-state index is -0.0864. The lowest BCUT2D eigenvalue weighted by molar-refractivity contribution is -0.123. The molecule has 0 aliphatic heterocycles. The number of rotatable bonds is 6. The lowest BCUT2D eigenvalue weighted by atomic mass is 9.85. The van der Waals surface area contributed by atoms with Crippen molar-refractivity contribution in [3.05, 3.63) is 71.3 Å². The van der Waals surface area contributed by atoms with Gasteiger partial charge in [-0.2, -0.15) is 0 Å². The van der Waals surface area contributed by atoms with Gasteiger partial charge in [-0.15, -0.1) is 0 Å². The summed E-state index contributed by atoms with van der Waals surface area (Å²) in [6.07, 6.45) is 0.984. The Morgan fingerprint density at radius 1 is 1.05 bits per heavy atom. The van der Waals surface area contributed by atoms with Gasteiger partial charge in [0, 0.05) is 6.54 Å². The van der Waals surface area contributed by atoms with Crippen molar-refractivity contribution >= 4 is 5.91 Å². The van der Waals surface area contributed by atoms with Crippen molar-refractivity contribution in [2.75, 3.05) is 0 Å². The fourth-order valence-corrected chi connectivity index (χ4v) is 2.64. The summed E-state index contributed by atoms with van der Waals surface area (Å²) in [6.45, 7) is 6.92. The first kappa shape index (κ1) is 16.3. The smallest absolute Gasteiger partial charge is 0.228 e. The molecule has 22 heavy (non-hydrogen) atoms. The standard InChI is InChI=1S/C20H25NO/c1-4-16(3)19(18-8-6-5-7-9-18)20(22)21-14-17-12-10-15(2)11-13-17/h5-13,16,19H,4,14H2,1-3H3,(H,21,22). The maximum Gasteiger partial charge on any atom is 0.228 e. The lowest BCUT2D eigenvalue weighted by Gasteiger charge is -2.23. The van der Waals surface area contributed by atoms with E-state index in [-0.39, 0.29) is 11.8 Å². The Hall–Kier alpha value is -2.09. The number of carbonyl (C=O) groups is 1. The maximum atomic E-state index is 12.7. The van der Waals surface area contributed by atoms with E-state index in [0.717, 1.165) is 17.5 Å². The largest absolute Gasteiger partial charge is 0.351 e. The zero-order chi connectivity index (χ0) is 15.9. The first-order chi connectivity index (χ1) is 10.6. The topological polar surface area (TPSA) is 29.1 Å². The van der Waals surface area contributed by atoms with Crippen LogP contribution in [0.4, 0.5) is 0 Å². The van der Waals surface area contributed by atoms with Crippen LogP contribution in [-0.4, -0.2) is 5.91 Å². The maximum absolute atomic E-state index is 12.7. The average molecular weight is 295 g/mol. The third-order valence-electron chi connectivity index (χ3n) is 4.24. The molecule has 2 rings (SSSR count). The van der Waals surface area contributed by atoms with Gasteiger partial charge in [0.1, 0.15) is 0 Å². The molecule has 0 spiro atoms. The van der Waals surface area contributed by atoms with E-state index in [2.05, 4.69) is 50.4 Å². The second-order valence-corrected chi connectivity index (χ2v) is 5.98. The Labute approximate surface area is 133 Å². The molecule has 2 nitrogen and oxygen atoms in total. The van der Waals surface area contributed by atoms with Crippen LogP contribution in [0.25, 0.3) is 0 Å². The van der Waals surface area contributed by atoms with E-state index in [4.69, 9.17) is 0 Å². The van der Waals surface area contributed by atoms with Gasteiger partial charge in [0.25, 0.3) is 0 Å². The van der Waals surface area contributed by atoms with Gasteiger partial charge in [0.15, 0.2) is 0 Å². The Balaban J connectivity index is 2.07. The molecule has 0 fully saturated rings. The van der Waals surface area contributed by atoms with Gasteiger partial charge in [-0.3, -0.25) is 4.79 Å². The van der Waals surface area contributed by atoms with Gasteiger partial charge in [0.2, 0.25) is 5.91 Å². The Morgan fingerprint density at radius 3 is 2.27 bits per heavy atom. The molecule has 0 bridgehead atoms. The summed E-state index contributed by atoms with van der Waals surface area (Å²) in [6, 6.07) is 18.4. The van der Waals surface area contributed by atoms with Gasteiger partial charge >= 0.3 is 0 Å². The van der Waals surface area contributed by atoms with Crippen LogP contribution in [0.1, 0.15) is 42.9 Å². The highest BCUT2D eigenvalue weighted by atomic mass is 16.1. The van der Waals surface area contributed by atoms with Crippen LogP contribution in [0.15, 0.2) is 54.6 Å². The number of nitrogens with one attached hydrogen (secondary N) is 1. The van der Waals surface area contributed by atoms with E-state index >= 15 is 0 Å². The summed E-state index contributed by atoms with van der Waals surface area (Å²) in [4.78, 5) is 12.7. The average Bonchev–Trinajstić information content (AvgIpc) is 2.55. The van der Waals surface area contributed by atoms with Crippen LogP contribution in [0.5, 0.6) is 0 Å². The van der Waals surface area contributed by atoms with Crippen LogP contribution < -0.4 is 5.32 Å². The third kappa shape index (κ3) is 4.20. The monoisotopic (exact) mass is 295 g/mol. The fraction of sp³-hybridized carbons (Fsp3) is 0.350. The van der Waals surface area contributed by atoms with Crippen molar-refractivity contribution in [2.24, 2.45) is 5.92 Å². The normalized spacial score (nSPS) is 13.4. The molecule has 2 heteroatoms. The van der Waals surface area contributed by atoms with Crippen LogP contribution in [0.3, 0.4) is 0 Å². The van der Waals surface area contributed by atoms with Crippen LogP contribution in [-0.2, 0) is 11.3 Å². The molecule has 0 aromatic heterocycles. The molecule has 2 unspecified atom stereocenters. The van der Waals surface area contributed by atoms with Gasteiger partial charge in [-0.1, -0.05) is 80.4 Å². The van der Waals surface area contributed by atoms with E-state index in [0.29, 0.717) is 12.5 Å². The molecule has 0 radical (unpaired) electrons. The number of carbonyl (C=O) groups excluding carboxylic acids is 1. The highest BCUT2D eigenvalue weighted by molar-refractivity contribution is 5.83. The molecule has 1 N–H and O–H groups in total. The zero-order valence-corrected chi connectivity index (χ0v) is 13.7. The van der Waals surface area contributed by atoms with E-state index in [9.17, 15) is 4.79 Å². The lowest BCUT2D eigenvalue weighted by Crippen LogP contribution is -2.32. The highest BCUT2D eigenvalue weighted by Crippen LogP contribution is 2.27. The first-order valence-electron chi connectivity index (χ1n) is 8.00. The van der Waals surface area contributed by atoms with Crippen molar-refractivity contribution in [1.82, 2.24) is 5.32 Å². The van der Waals surface area contributed by atoms with E-state index < -0.39 is 0 Å². The summed E-state index contributed by atoms with van der Waals surface area (Å²) in [7, 11) is 0. The van der Waals surface area contributed by atoms with E-state index in [1.54, 1.807) is 0 Å². The van der Waals surface area contributed by atoms with E-state index in [1.165, 1.54) is 5.56 Å². The Morgan fingerprint density at radius 2 is 1.68 bits per heavy atom. The summed E-state index contributed by atoms with van der Waals surface area (Å²) in [5.41, 5.74) is 3.46. The van der Waals surface area contributed by atoms with Crippen LogP contribution >= 0.6 is 0 Å². The van der Waals surface area contributed by atoms with Gasteiger partial charge in [0.05, 0.1) is 5.92 Å². The Bertz CT molecular complexity index is 589. The number of benzene rings is 2. The molecule has 2 aromatic carbocycles. The third-order valence-corrected chi connectivity index (χ3v) is 4.24. The molecular formula is C20H25NO. The summed E-state index contributed by atoms with van der Waals surface area (Å²) in [5.74, 6) is 0.346. The molecule has 0 aliphatic rings. The molecule has 116 valence electrons. The summed E-state index contributed by atoms with van der Waals surface area (Å²) >= 11 is 0. The summed E-state index contributed by atoms with van der Waals surface area (Å²) in [5, 5.41) is 3.09. The quantitative estimate of drug-likeness (QED) is 0.838. The van der Waals surface area contributed by atoms with Crippen molar-refractivity contribution in [1.29, 1.82) is 0 Å². The predicted molar refractivity (Wildman–Crippen MR) is 91.7 cm³/mol. The molecule has 1 amide bonds. The number of aryl methyl sites for hydroxylation is 1. The molecule has 0 saturated carbocycles. The van der Waals surface area contributed by atoms with Crippen molar-refractivity contribution in [3.63, 3.8) is 0 Å². The number of hydrogen-bond donors (Lipinski definition) is 1. The minimum Gasteiger partial charge on any atom is -0.351 e. The predicted octanol–water partition coefficient (Wildman–Crippen LogP) is 4.44.